The summed E-state index contributed by atoms with van der Waals surface area (Å²) in [5.41, 5.74) is 3.07. The van der Waals surface area contributed by atoms with E-state index in [1.165, 1.54) is 35.6 Å². The Morgan fingerprint density at radius 1 is 1.06 bits per heavy atom. The molecule has 0 aliphatic rings. The molecule has 0 amide bonds. The third kappa shape index (κ3) is 4.16. The lowest BCUT2D eigenvalue weighted by atomic mass is 10.0. The maximum atomic E-state index is 11.4. The quantitative estimate of drug-likeness (QED) is 0.174. The Hall–Kier alpha value is -4.55. The molecule has 0 spiro atoms. The van der Waals surface area contributed by atoms with Crippen molar-refractivity contribution in [2.45, 2.75) is 0 Å². The summed E-state index contributed by atoms with van der Waals surface area (Å²) in [6.45, 7) is 0. The van der Waals surface area contributed by atoms with Crippen molar-refractivity contribution in [2.24, 2.45) is 0 Å². The molecule has 4 aromatic rings. The number of ether oxygens (including phenoxy) is 1. The number of aromatic nitrogens is 1. The number of hydrogen-bond acceptors (Lipinski definition) is 7. The zero-order chi connectivity index (χ0) is 22.7. The fourth-order valence-corrected chi connectivity index (χ4v) is 4.00. The number of nitro benzene ring substituents is 1. The van der Waals surface area contributed by atoms with Gasteiger partial charge in [-0.3, -0.25) is 10.1 Å². The van der Waals surface area contributed by atoms with Gasteiger partial charge in [-0.15, -0.1) is 11.3 Å². The molecule has 9 heteroatoms. The Balaban J connectivity index is 1.76. The monoisotopic (exact) mass is 443 g/mol. The smallest absolute Gasteiger partial charge is 0.449 e. The minimum absolute atomic E-state index is 0.0283. The minimum atomic E-state index is -1.53. The van der Waals surface area contributed by atoms with E-state index in [1.54, 1.807) is 42.5 Å². The van der Waals surface area contributed by atoms with Gasteiger partial charge in [0, 0.05) is 28.1 Å². The van der Waals surface area contributed by atoms with Gasteiger partial charge in [-0.25, -0.2) is 9.78 Å². The highest BCUT2D eigenvalue weighted by Crippen LogP contribution is 2.39. The van der Waals surface area contributed by atoms with Crippen LogP contribution in [0.2, 0.25) is 0 Å². The summed E-state index contributed by atoms with van der Waals surface area (Å²) in [5.74, 6) is -0.0283. The Morgan fingerprint density at radius 2 is 1.78 bits per heavy atom. The SMILES string of the molecule is N#Cc1ccc(-c2csc(-c3ccc(-c4ccccc4[N+](=O)[O-])c(OC(=O)O)c3)n2)cc1. The van der Waals surface area contributed by atoms with Crippen LogP contribution in [0.25, 0.3) is 33.0 Å². The van der Waals surface area contributed by atoms with Crippen LogP contribution in [0.4, 0.5) is 10.5 Å². The molecule has 32 heavy (non-hydrogen) atoms. The van der Waals surface area contributed by atoms with E-state index in [1.807, 2.05) is 5.38 Å². The van der Waals surface area contributed by atoms with Gasteiger partial charge in [-0.1, -0.05) is 30.3 Å². The van der Waals surface area contributed by atoms with Gasteiger partial charge >= 0.3 is 6.16 Å². The summed E-state index contributed by atoms with van der Waals surface area (Å²) >= 11 is 1.36. The molecule has 156 valence electrons. The first-order valence-corrected chi connectivity index (χ1v) is 10.1. The number of thiazole rings is 1. The van der Waals surface area contributed by atoms with Crippen LogP contribution in [0.5, 0.6) is 5.75 Å². The van der Waals surface area contributed by atoms with Crippen molar-refractivity contribution >= 4 is 23.2 Å². The van der Waals surface area contributed by atoms with Gasteiger partial charge in [0.05, 0.1) is 27.8 Å². The molecule has 1 heterocycles. The second-order valence-electron chi connectivity index (χ2n) is 6.58. The predicted octanol–water partition coefficient (Wildman–Crippen LogP) is 5.98. The summed E-state index contributed by atoms with van der Waals surface area (Å²) < 4.78 is 4.95. The summed E-state index contributed by atoms with van der Waals surface area (Å²) in [6, 6.07) is 19.9. The second-order valence-corrected chi connectivity index (χ2v) is 7.44. The lowest BCUT2D eigenvalue weighted by Gasteiger charge is -2.10. The van der Waals surface area contributed by atoms with Gasteiger partial charge < -0.3 is 9.84 Å². The predicted molar refractivity (Wildman–Crippen MR) is 118 cm³/mol. The van der Waals surface area contributed by atoms with E-state index >= 15 is 0 Å². The molecule has 0 unspecified atom stereocenters. The number of carboxylic acid groups (broad SMARTS) is 1. The molecule has 3 aromatic carbocycles. The maximum Gasteiger partial charge on any atom is 0.511 e. The van der Waals surface area contributed by atoms with Crippen LogP contribution < -0.4 is 4.74 Å². The van der Waals surface area contributed by atoms with Crippen molar-refractivity contribution in [1.82, 2.24) is 4.98 Å². The first-order chi connectivity index (χ1) is 15.5. The number of nitro groups is 1. The molecule has 0 fully saturated rings. The van der Waals surface area contributed by atoms with Crippen molar-refractivity contribution in [3.05, 3.63) is 87.8 Å². The molecule has 8 nitrogen and oxygen atoms in total. The fraction of sp³-hybridized carbons (Fsp3) is 0. The van der Waals surface area contributed by atoms with Gasteiger partial charge in [-0.05, 0) is 30.3 Å². The maximum absolute atomic E-state index is 11.4. The van der Waals surface area contributed by atoms with Crippen molar-refractivity contribution in [3.63, 3.8) is 0 Å². The van der Waals surface area contributed by atoms with E-state index in [4.69, 9.17) is 10.00 Å². The Kier molecular flexibility index (Phi) is 5.61. The van der Waals surface area contributed by atoms with E-state index in [9.17, 15) is 20.0 Å². The van der Waals surface area contributed by atoms with E-state index < -0.39 is 11.1 Å². The third-order valence-electron chi connectivity index (χ3n) is 4.63. The average Bonchev–Trinajstić information content (AvgIpc) is 3.29. The number of nitriles is 1. The number of para-hydroxylation sites is 1. The van der Waals surface area contributed by atoms with Crippen molar-refractivity contribution < 1.29 is 19.6 Å². The van der Waals surface area contributed by atoms with Gasteiger partial charge in [0.1, 0.15) is 10.8 Å². The molecular formula is C23H13N3O5S. The highest BCUT2D eigenvalue weighted by atomic mass is 32.1. The van der Waals surface area contributed by atoms with Gasteiger partial charge in [0.15, 0.2) is 0 Å². The highest BCUT2D eigenvalue weighted by Gasteiger charge is 2.20. The normalized spacial score (nSPS) is 10.3. The van der Waals surface area contributed by atoms with Gasteiger partial charge in [0.2, 0.25) is 0 Å². The number of nitrogens with zero attached hydrogens (tertiary/aromatic N) is 3. The van der Waals surface area contributed by atoms with Crippen LogP contribution >= 0.6 is 11.3 Å². The lowest BCUT2D eigenvalue weighted by molar-refractivity contribution is -0.384. The first-order valence-electron chi connectivity index (χ1n) is 9.21. The minimum Gasteiger partial charge on any atom is -0.449 e. The second kappa shape index (κ2) is 8.67. The molecule has 0 saturated heterocycles. The fourth-order valence-electron chi connectivity index (χ4n) is 3.17. The molecule has 0 aliphatic carbocycles. The average molecular weight is 443 g/mol. The molecular weight excluding hydrogens is 430 g/mol. The van der Waals surface area contributed by atoms with Crippen LogP contribution in [-0.2, 0) is 0 Å². The van der Waals surface area contributed by atoms with Crippen LogP contribution in [-0.4, -0.2) is 21.2 Å². The van der Waals surface area contributed by atoms with Crippen molar-refractivity contribution in [1.29, 1.82) is 5.26 Å². The lowest BCUT2D eigenvalue weighted by Crippen LogP contribution is -2.05. The van der Waals surface area contributed by atoms with E-state index in [2.05, 4.69) is 11.1 Å². The van der Waals surface area contributed by atoms with E-state index in [0.29, 0.717) is 21.8 Å². The molecule has 4 rings (SSSR count). The highest BCUT2D eigenvalue weighted by molar-refractivity contribution is 7.13. The summed E-state index contributed by atoms with van der Waals surface area (Å²) in [6.07, 6.45) is -1.53. The third-order valence-corrected chi connectivity index (χ3v) is 5.52. The topological polar surface area (TPSA) is 126 Å². The summed E-state index contributed by atoms with van der Waals surface area (Å²) in [4.78, 5) is 26.8. The first kappa shape index (κ1) is 20.7. The Morgan fingerprint density at radius 3 is 2.47 bits per heavy atom. The van der Waals surface area contributed by atoms with Crippen LogP contribution in [0.3, 0.4) is 0 Å². The Labute approximate surface area is 185 Å². The summed E-state index contributed by atoms with van der Waals surface area (Å²) in [5, 5.41) is 32.0. The molecule has 0 bridgehead atoms. The van der Waals surface area contributed by atoms with Gasteiger partial charge in [-0.2, -0.15) is 5.26 Å². The van der Waals surface area contributed by atoms with Crippen LogP contribution in [0.1, 0.15) is 5.56 Å². The largest absolute Gasteiger partial charge is 0.511 e. The number of rotatable bonds is 5. The standard InChI is InChI=1S/C23H13N3O5S/c24-12-14-5-7-15(8-6-14)19-13-32-22(25-19)16-9-10-18(21(11-16)31-23(27)28)17-3-1-2-4-20(17)26(29)30/h1-11,13H,(H,27,28). The van der Waals surface area contributed by atoms with Crippen LogP contribution in [0.15, 0.2) is 72.1 Å². The van der Waals surface area contributed by atoms with Crippen molar-refractivity contribution in [3.8, 4) is 44.8 Å². The molecule has 1 N–H and O–H groups in total. The number of carbonyl (C=O) groups is 1. The van der Waals surface area contributed by atoms with Crippen LogP contribution in [0, 0.1) is 21.4 Å². The number of hydrogen-bond donors (Lipinski definition) is 1. The zero-order valence-corrected chi connectivity index (χ0v) is 17.1. The molecule has 0 saturated carbocycles. The summed E-state index contributed by atoms with van der Waals surface area (Å²) in [7, 11) is 0. The van der Waals surface area contributed by atoms with Gasteiger partial charge in [0.25, 0.3) is 5.69 Å². The zero-order valence-electron chi connectivity index (χ0n) is 16.3. The number of benzene rings is 3. The molecule has 1 aromatic heterocycles. The van der Waals surface area contributed by atoms with E-state index in [-0.39, 0.29) is 22.6 Å². The Bertz CT molecular complexity index is 1370. The molecule has 0 radical (unpaired) electrons. The van der Waals surface area contributed by atoms with Crippen molar-refractivity contribution in [2.75, 3.05) is 0 Å². The van der Waals surface area contributed by atoms with E-state index in [0.717, 1.165) is 5.56 Å². The molecule has 0 aliphatic heterocycles. The molecule has 0 atom stereocenters.